The fourth-order valence-corrected chi connectivity index (χ4v) is 5.25. The van der Waals surface area contributed by atoms with Crippen LogP contribution in [0.1, 0.15) is 39.5 Å². The highest BCUT2D eigenvalue weighted by molar-refractivity contribution is 7.89. The molecule has 1 heterocycles. The second-order valence-electron chi connectivity index (χ2n) is 7.22. The third kappa shape index (κ3) is 5.56. The summed E-state index contributed by atoms with van der Waals surface area (Å²) in [4.78, 5) is 12.2. The van der Waals surface area contributed by atoms with Gasteiger partial charge in [0.15, 0.2) is 0 Å². The van der Waals surface area contributed by atoms with E-state index in [0.717, 1.165) is 0 Å². The molecule has 1 N–H and O–H groups in total. The van der Waals surface area contributed by atoms with Gasteiger partial charge in [0.2, 0.25) is 15.9 Å². The van der Waals surface area contributed by atoms with Gasteiger partial charge in [0.25, 0.3) is 0 Å². The van der Waals surface area contributed by atoms with Crippen molar-refractivity contribution in [1.82, 2.24) is 9.62 Å². The number of nitrogens with one attached hydrogen (secondary N) is 1. The molecule has 1 saturated carbocycles. The second-order valence-corrected chi connectivity index (χ2v) is 9.31. The zero-order valence-corrected chi connectivity index (χ0v) is 15.9. The Bertz CT molecular complexity index is 587. The van der Waals surface area contributed by atoms with Gasteiger partial charge in [-0.25, -0.2) is 8.42 Å². The Morgan fingerprint density at radius 2 is 1.73 bits per heavy atom. The maximum atomic E-state index is 13.1. The molecule has 0 aromatic heterocycles. The lowest BCUT2D eigenvalue weighted by atomic mass is 9.78. The van der Waals surface area contributed by atoms with Crippen molar-refractivity contribution in [3.05, 3.63) is 0 Å². The zero-order chi connectivity index (χ0) is 19.5. The van der Waals surface area contributed by atoms with Crippen LogP contribution < -0.4 is 5.32 Å². The first kappa shape index (κ1) is 21.4. The molecule has 152 valence electrons. The molecule has 1 amide bonds. The van der Waals surface area contributed by atoms with Crippen LogP contribution >= 0.6 is 0 Å². The molecule has 10 heteroatoms. The van der Waals surface area contributed by atoms with Gasteiger partial charge in [-0.3, -0.25) is 4.79 Å². The Balaban J connectivity index is 1.88. The van der Waals surface area contributed by atoms with E-state index in [1.54, 1.807) is 13.8 Å². The number of hydrogen-bond acceptors (Lipinski definition) is 4. The number of nitrogens with zero attached hydrogens (tertiary/aromatic N) is 1. The average molecular weight is 400 g/mol. The van der Waals surface area contributed by atoms with E-state index in [2.05, 4.69) is 5.32 Å². The van der Waals surface area contributed by atoms with E-state index < -0.39 is 33.9 Å². The first-order chi connectivity index (χ1) is 12.0. The van der Waals surface area contributed by atoms with Crippen molar-refractivity contribution in [2.75, 3.05) is 25.4 Å². The fraction of sp³-hybridized carbons (Fsp3) is 0.938. The number of hydrogen-bond donors (Lipinski definition) is 1. The summed E-state index contributed by atoms with van der Waals surface area (Å²) in [6, 6.07) is 0. The standard InChI is InChI=1S/C16H27F3N2O4S/c1-11-9-21(10-12(2)25-11)26(23,24)8-7-20-15(22)13-5-3-4-6-14(13)16(17,18)19/h11-14H,3-10H2,1-2H3,(H,20,22). The van der Waals surface area contributed by atoms with Crippen LogP contribution in [0.15, 0.2) is 0 Å². The van der Waals surface area contributed by atoms with Crippen LogP contribution in [0.25, 0.3) is 0 Å². The Labute approximate surface area is 152 Å². The van der Waals surface area contributed by atoms with Gasteiger partial charge in [0.05, 0.1) is 23.9 Å². The summed E-state index contributed by atoms with van der Waals surface area (Å²) in [5.74, 6) is -3.81. The molecule has 26 heavy (non-hydrogen) atoms. The van der Waals surface area contributed by atoms with E-state index in [-0.39, 0.29) is 50.4 Å². The van der Waals surface area contributed by atoms with Crippen LogP contribution in [0.4, 0.5) is 13.2 Å². The van der Waals surface area contributed by atoms with Crippen LogP contribution in [-0.4, -0.2) is 62.4 Å². The van der Waals surface area contributed by atoms with Gasteiger partial charge >= 0.3 is 6.18 Å². The smallest absolute Gasteiger partial charge is 0.373 e. The minimum absolute atomic E-state index is 0.0521. The number of halogens is 3. The van der Waals surface area contributed by atoms with E-state index in [1.165, 1.54) is 4.31 Å². The Kier molecular flexibility index (Phi) is 6.95. The Morgan fingerprint density at radius 1 is 1.15 bits per heavy atom. The first-order valence-corrected chi connectivity index (χ1v) is 10.6. The predicted molar refractivity (Wildman–Crippen MR) is 89.9 cm³/mol. The quantitative estimate of drug-likeness (QED) is 0.765. The number of carbonyl (C=O) groups is 1. The lowest BCUT2D eigenvalue weighted by molar-refractivity contribution is -0.198. The molecule has 2 aliphatic rings. The van der Waals surface area contributed by atoms with E-state index in [4.69, 9.17) is 4.74 Å². The number of ether oxygens (including phenoxy) is 1. The largest absolute Gasteiger partial charge is 0.392 e. The highest BCUT2D eigenvalue weighted by Crippen LogP contribution is 2.41. The molecule has 2 fully saturated rings. The van der Waals surface area contributed by atoms with Gasteiger partial charge in [-0.1, -0.05) is 12.8 Å². The molecule has 0 bridgehead atoms. The summed E-state index contributed by atoms with van der Waals surface area (Å²) < 4.78 is 70.9. The van der Waals surface area contributed by atoms with Gasteiger partial charge in [-0.2, -0.15) is 17.5 Å². The molecule has 1 aliphatic carbocycles. The number of carbonyl (C=O) groups excluding carboxylic acids is 1. The molecule has 0 spiro atoms. The second kappa shape index (κ2) is 8.43. The van der Waals surface area contributed by atoms with Crippen molar-refractivity contribution in [3.63, 3.8) is 0 Å². The molecule has 0 aromatic carbocycles. The van der Waals surface area contributed by atoms with E-state index in [9.17, 15) is 26.4 Å². The third-order valence-corrected chi connectivity index (χ3v) is 6.77. The maximum Gasteiger partial charge on any atom is 0.392 e. The van der Waals surface area contributed by atoms with Crippen LogP contribution in [-0.2, 0) is 19.6 Å². The lowest BCUT2D eigenvalue weighted by Crippen LogP contribution is -2.50. The molecule has 1 saturated heterocycles. The van der Waals surface area contributed by atoms with Crippen molar-refractivity contribution in [2.45, 2.75) is 57.9 Å². The molecule has 2 rings (SSSR count). The van der Waals surface area contributed by atoms with Gasteiger partial charge in [0.1, 0.15) is 0 Å². The minimum Gasteiger partial charge on any atom is -0.373 e. The van der Waals surface area contributed by atoms with Crippen molar-refractivity contribution in [2.24, 2.45) is 11.8 Å². The molecule has 0 radical (unpaired) electrons. The topological polar surface area (TPSA) is 75.7 Å². The molecular formula is C16H27F3N2O4S. The third-order valence-electron chi connectivity index (χ3n) is 4.96. The van der Waals surface area contributed by atoms with Gasteiger partial charge in [0, 0.05) is 25.6 Å². The Morgan fingerprint density at radius 3 is 2.31 bits per heavy atom. The van der Waals surface area contributed by atoms with Crippen molar-refractivity contribution < 1.29 is 31.1 Å². The summed E-state index contributed by atoms with van der Waals surface area (Å²) in [6.07, 6.45) is -3.70. The van der Waals surface area contributed by atoms with Crippen LogP contribution in [0.2, 0.25) is 0 Å². The number of morpholine rings is 1. The summed E-state index contributed by atoms with van der Waals surface area (Å²) in [7, 11) is -3.60. The molecule has 4 unspecified atom stereocenters. The summed E-state index contributed by atoms with van der Waals surface area (Å²) in [5, 5.41) is 2.40. The van der Waals surface area contributed by atoms with Crippen LogP contribution in [0.3, 0.4) is 0 Å². The normalized spacial score (nSPS) is 31.6. The van der Waals surface area contributed by atoms with E-state index in [0.29, 0.717) is 12.8 Å². The fourth-order valence-electron chi connectivity index (χ4n) is 3.76. The van der Waals surface area contributed by atoms with Crippen LogP contribution in [0.5, 0.6) is 0 Å². The summed E-state index contributed by atoms with van der Waals surface area (Å²) >= 11 is 0. The number of rotatable bonds is 5. The highest BCUT2D eigenvalue weighted by Gasteiger charge is 2.48. The Hall–Kier alpha value is -0.870. The van der Waals surface area contributed by atoms with Crippen LogP contribution in [0, 0.1) is 11.8 Å². The van der Waals surface area contributed by atoms with Gasteiger partial charge in [-0.05, 0) is 26.7 Å². The molecule has 1 aliphatic heterocycles. The van der Waals surface area contributed by atoms with Crippen molar-refractivity contribution >= 4 is 15.9 Å². The minimum atomic E-state index is -4.41. The summed E-state index contributed by atoms with van der Waals surface area (Å²) in [6.45, 7) is 3.84. The summed E-state index contributed by atoms with van der Waals surface area (Å²) in [5.41, 5.74) is 0. The molecule has 6 nitrogen and oxygen atoms in total. The monoisotopic (exact) mass is 400 g/mol. The molecule has 4 atom stereocenters. The number of amides is 1. The van der Waals surface area contributed by atoms with Gasteiger partial charge in [-0.15, -0.1) is 0 Å². The van der Waals surface area contributed by atoms with Gasteiger partial charge < -0.3 is 10.1 Å². The van der Waals surface area contributed by atoms with E-state index >= 15 is 0 Å². The lowest BCUT2D eigenvalue weighted by Gasteiger charge is -2.34. The SMILES string of the molecule is CC1CN(S(=O)(=O)CCNC(=O)C2CCCCC2C(F)(F)F)CC(C)O1. The van der Waals surface area contributed by atoms with Crippen molar-refractivity contribution in [3.8, 4) is 0 Å². The average Bonchev–Trinajstić information content (AvgIpc) is 2.53. The maximum absolute atomic E-state index is 13.1. The van der Waals surface area contributed by atoms with Crippen molar-refractivity contribution in [1.29, 1.82) is 0 Å². The predicted octanol–water partition coefficient (Wildman–Crippen LogP) is 1.91. The first-order valence-electron chi connectivity index (χ1n) is 8.98. The number of alkyl halides is 3. The highest BCUT2D eigenvalue weighted by atomic mass is 32.2. The number of sulfonamides is 1. The molecular weight excluding hydrogens is 373 g/mol. The van der Waals surface area contributed by atoms with E-state index in [1.807, 2.05) is 0 Å². The zero-order valence-electron chi connectivity index (χ0n) is 15.1. The molecule has 0 aromatic rings.